The summed E-state index contributed by atoms with van der Waals surface area (Å²) in [4.78, 5) is 11.9. The van der Waals surface area contributed by atoms with E-state index in [0.717, 1.165) is 12.0 Å². The van der Waals surface area contributed by atoms with Gasteiger partial charge in [-0.05, 0) is 55.5 Å². The highest BCUT2D eigenvalue weighted by molar-refractivity contribution is 5.91. The van der Waals surface area contributed by atoms with E-state index < -0.39 is 0 Å². The van der Waals surface area contributed by atoms with Crippen LogP contribution in [0, 0.1) is 24.6 Å². The SMILES string of the molecule is Cc1cc(F)ccc1NC(=O)C[C@@H](CN)CC(C)C. The van der Waals surface area contributed by atoms with Gasteiger partial charge in [0.05, 0.1) is 0 Å². The van der Waals surface area contributed by atoms with Crippen LogP contribution in [-0.4, -0.2) is 12.5 Å². The molecule has 0 aliphatic heterocycles. The first-order valence-corrected chi connectivity index (χ1v) is 6.68. The standard InChI is InChI=1S/C15H23FN2O/c1-10(2)6-12(9-17)8-15(19)18-14-5-4-13(16)7-11(14)3/h4-5,7,10,12H,6,8-9,17H2,1-3H3,(H,18,19)/t12-/m0/s1. The largest absolute Gasteiger partial charge is 0.330 e. The van der Waals surface area contributed by atoms with Gasteiger partial charge < -0.3 is 11.1 Å². The predicted molar refractivity (Wildman–Crippen MR) is 76.4 cm³/mol. The van der Waals surface area contributed by atoms with Crippen molar-refractivity contribution in [3.63, 3.8) is 0 Å². The molecule has 0 aliphatic carbocycles. The number of hydrogen-bond donors (Lipinski definition) is 2. The lowest BCUT2D eigenvalue weighted by Gasteiger charge is -2.17. The van der Waals surface area contributed by atoms with E-state index in [1.807, 2.05) is 0 Å². The number of aryl methyl sites for hydroxylation is 1. The number of nitrogens with one attached hydrogen (secondary N) is 1. The van der Waals surface area contributed by atoms with Crippen molar-refractivity contribution in [2.45, 2.75) is 33.6 Å². The minimum atomic E-state index is -0.296. The molecule has 0 aliphatic rings. The average Bonchev–Trinajstić information content (AvgIpc) is 2.31. The summed E-state index contributed by atoms with van der Waals surface area (Å²) in [7, 11) is 0. The zero-order chi connectivity index (χ0) is 14.4. The molecule has 0 heterocycles. The summed E-state index contributed by atoms with van der Waals surface area (Å²) in [5.74, 6) is 0.357. The molecule has 0 unspecified atom stereocenters. The summed E-state index contributed by atoms with van der Waals surface area (Å²) in [5.41, 5.74) is 7.07. The lowest BCUT2D eigenvalue weighted by Crippen LogP contribution is -2.23. The topological polar surface area (TPSA) is 55.1 Å². The van der Waals surface area contributed by atoms with Crippen molar-refractivity contribution in [1.82, 2.24) is 0 Å². The second kappa shape index (κ2) is 7.24. The number of hydrogen-bond acceptors (Lipinski definition) is 2. The number of carbonyl (C=O) groups is 1. The first kappa shape index (κ1) is 15.6. The van der Waals surface area contributed by atoms with Crippen LogP contribution in [0.1, 0.15) is 32.3 Å². The zero-order valence-corrected chi connectivity index (χ0v) is 11.9. The molecule has 106 valence electrons. The van der Waals surface area contributed by atoms with Gasteiger partial charge in [0.2, 0.25) is 5.91 Å². The average molecular weight is 266 g/mol. The number of halogens is 1. The molecule has 1 aromatic carbocycles. The molecule has 1 aromatic rings. The van der Waals surface area contributed by atoms with Crippen LogP contribution in [0.2, 0.25) is 0 Å². The van der Waals surface area contributed by atoms with Crippen LogP contribution < -0.4 is 11.1 Å². The van der Waals surface area contributed by atoms with Gasteiger partial charge in [0, 0.05) is 12.1 Å². The maximum absolute atomic E-state index is 13.0. The molecule has 1 rings (SSSR count). The lowest BCUT2D eigenvalue weighted by atomic mass is 9.94. The summed E-state index contributed by atoms with van der Waals surface area (Å²) in [6, 6.07) is 4.34. The van der Waals surface area contributed by atoms with Gasteiger partial charge in [-0.15, -0.1) is 0 Å². The zero-order valence-electron chi connectivity index (χ0n) is 11.9. The molecular formula is C15H23FN2O. The molecule has 19 heavy (non-hydrogen) atoms. The van der Waals surface area contributed by atoms with Crippen LogP contribution in [0.5, 0.6) is 0 Å². The molecule has 1 atom stereocenters. The molecule has 0 aromatic heterocycles. The molecule has 0 radical (unpaired) electrons. The van der Waals surface area contributed by atoms with E-state index in [1.54, 1.807) is 13.0 Å². The Balaban J connectivity index is 2.59. The predicted octanol–water partition coefficient (Wildman–Crippen LogP) is 3.08. The number of rotatable bonds is 6. The van der Waals surface area contributed by atoms with Crippen molar-refractivity contribution in [1.29, 1.82) is 0 Å². The quantitative estimate of drug-likeness (QED) is 0.831. The fourth-order valence-corrected chi connectivity index (χ4v) is 2.16. The molecule has 0 saturated heterocycles. The molecule has 3 nitrogen and oxygen atoms in total. The van der Waals surface area contributed by atoms with Gasteiger partial charge in [-0.2, -0.15) is 0 Å². The van der Waals surface area contributed by atoms with Crippen molar-refractivity contribution >= 4 is 11.6 Å². The van der Waals surface area contributed by atoms with E-state index in [2.05, 4.69) is 19.2 Å². The Kier molecular flexibility index (Phi) is 5.96. The van der Waals surface area contributed by atoms with Crippen molar-refractivity contribution in [2.75, 3.05) is 11.9 Å². The minimum absolute atomic E-state index is 0.0641. The van der Waals surface area contributed by atoms with Crippen LogP contribution in [0.15, 0.2) is 18.2 Å². The van der Waals surface area contributed by atoms with Crippen LogP contribution in [0.25, 0.3) is 0 Å². The third-order valence-corrected chi connectivity index (χ3v) is 3.07. The van der Waals surface area contributed by atoms with Crippen LogP contribution >= 0.6 is 0 Å². The molecule has 1 amide bonds. The Morgan fingerprint density at radius 2 is 2.11 bits per heavy atom. The lowest BCUT2D eigenvalue weighted by molar-refractivity contribution is -0.117. The van der Waals surface area contributed by atoms with Crippen LogP contribution in [-0.2, 0) is 4.79 Å². The van der Waals surface area contributed by atoms with E-state index in [1.165, 1.54) is 12.1 Å². The molecule has 0 saturated carbocycles. The van der Waals surface area contributed by atoms with Crippen molar-refractivity contribution in [3.8, 4) is 0 Å². The Bertz CT molecular complexity index is 432. The first-order valence-electron chi connectivity index (χ1n) is 6.68. The summed E-state index contributed by atoms with van der Waals surface area (Å²) in [6.45, 7) is 6.51. The summed E-state index contributed by atoms with van der Waals surface area (Å²) < 4.78 is 13.0. The van der Waals surface area contributed by atoms with Gasteiger partial charge in [-0.3, -0.25) is 4.79 Å². The number of anilines is 1. The molecule has 4 heteroatoms. The van der Waals surface area contributed by atoms with Gasteiger partial charge >= 0.3 is 0 Å². The minimum Gasteiger partial charge on any atom is -0.330 e. The van der Waals surface area contributed by atoms with E-state index >= 15 is 0 Å². The molecule has 0 bridgehead atoms. The highest BCUT2D eigenvalue weighted by Gasteiger charge is 2.14. The van der Waals surface area contributed by atoms with E-state index in [4.69, 9.17) is 5.73 Å². The van der Waals surface area contributed by atoms with Crippen molar-refractivity contribution in [2.24, 2.45) is 17.6 Å². The number of amides is 1. The third-order valence-electron chi connectivity index (χ3n) is 3.07. The number of nitrogens with two attached hydrogens (primary N) is 1. The van der Waals surface area contributed by atoms with Crippen molar-refractivity contribution < 1.29 is 9.18 Å². The third kappa shape index (κ3) is 5.39. The van der Waals surface area contributed by atoms with Crippen molar-refractivity contribution in [3.05, 3.63) is 29.6 Å². The van der Waals surface area contributed by atoms with Crippen LogP contribution in [0.4, 0.5) is 10.1 Å². The summed E-state index contributed by atoms with van der Waals surface area (Å²) >= 11 is 0. The number of carbonyl (C=O) groups excluding carboxylic acids is 1. The number of benzene rings is 1. The highest BCUT2D eigenvalue weighted by Crippen LogP contribution is 2.18. The fourth-order valence-electron chi connectivity index (χ4n) is 2.16. The van der Waals surface area contributed by atoms with Gasteiger partial charge in [0.1, 0.15) is 5.82 Å². The van der Waals surface area contributed by atoms with Gasteiger partial charge in [-0.25, -0.2) is 4.39 Å². The van der Waals surface area contributed by atoms with E-state index in [9.17, 15) is 9.18 Å². The Morgan fingerprint density at radius 1 is 1.42 bits per heavy atom. The van der Waals surface area contributed by atoms with Crippen LogP contribution in [0.3, 0.4) is 0 Å². The van der Waals surface area contributed by atoms with Gasteiger partial charge in [-0.1, -0.05) is 13.8 Å². The Labute approximate surface area is 114 Å². The normalized spacial score (nSPS) is 12.5. The second-order valence-corrected chi connectivity index (χ2v) is 5.44. The van der Waals surface area contributed by atoms with Gasteiger partial charge in [0.15, 0.2) is 0 Å². The summed E-state index contributed by atoms with van der Waals surface area (Å²) in [5, 5.41) is 2.81. The maximum Gasteiger partial charge on any atom is 0.224 e. The van der Waals surface area contributed by atoms with E-state index in [0.29, 0.717) is 24.6 Å². The Morgan fingerprint density at radius 3 is 2.63 bits per heavy atom. The molecule has 3 N–H and O–H groups in total. The fraction of sp³-hybridized carbons (Fsp3) is 0.533. The Hall–Kier alpha value is -1.42. The maximum atomic E-state index is 13.0. The first-order chi connectivity index (χ1) is 8.92. The monoisotopic (exact) mass is 266 g/mol. The second-order valence-electron chi connectivity index (χ2n) is 5.44. The smallest absolute Gasteiger partial charge is 0.224 e. The van der Waals surface area contributed by atoms with Gasteiger partial charge in [0.25, 0.3) is 0 Å². The molecule has 0 fully saturated rings. The molecular weight excluding hydrogens is 243 g/mol. The molecule has 0 spiro atoms. The summed E-state index contributed by atoms with van der Waals surface area (Å²) in [6.07, 6.45) is 1.35. The van der Waals surface area contributed by atoms with E-state index in [-0.39, 0.29) is 17.6 Å². The highest BCUT2D eigenvalue weighted by atomic mass is 19.1.